The molecule has 1 saturated heterocycles. The van der Waals surface area contributed by atoms with Gasteiger partial charge in [0.05, 0.1) is 12.8 Å². The number of nitrogens with one attached hydrogen (secondary N) is 1. The molecule has 182 valence electrons. The first-order valence-electron chi connectivity index (χ1n) is 11.5. The first-order valence-corrected chi connectivity index (χ1v) is 11.9. The number of carbonyl (C=O) groups is 2. The zero-order chi connectivity index (χ0) is 25.8. The number of carbonyl (C=O) groups excluding carboxylic acids is 2. The van der Waals surface area contributed by atoms with Gasteiger partial charge in [-0.25, -0.2) is 0 Å². The summed E-state index contributed by atoms with van der Waals surface area (Å²) in [5, 5.41) is 2.66. The van der Waals surface area contributed by atoms with Gasteiger partial charge in [-0.05, 0) is 83.5 Å². The molecule has 2 amide bonds. The Morgan fingerprint density at radius 1 is 0.784 bits per heavy atom. The van der Waals surface area contributed by atoms with Crippen LogP contribution in [0.15, 0.2) is 109 Å². The van der Waals surface area contributed by atoms with E-state index in [1.165, 1.54) is 4.90 Å². The summed E-state index contributed by atoms with van der Waals surface area (Å²) in [6.45, 7) is 0. The number of anilines is 1. The van der Waals surface area contributed by atoms with Gasteiger partial charge in [-0.3, -0.25) is 19.8 Å². The minimum absolute atomic E-state index is 0.0185. The highest BCUT2D eigenvalue weighted by Crippen LogP contribution is 2.30. The normalized spacial score (nSPS) is 14.5. The Bertz CT molecular complexity index is 1510. The van der Waals surface area contributed by atoms with Gasteiger partial charge in [-0.1, -0.05) is 54.6 Å². The molecule has 0 atom stereocenters. The molecule has 6 nitrogen and oxygen atoms in total. The predicted octanol–water partition coefficient (Wildman–Crippen LogP) is 5.99. The fraction of sp³-hybridized carbons (Fsp3) is 0.0333. The van der Waals surface area contributed by atoms with E-state index < -0.39 is 11.8 Å². The predicted molar refractivity (Wildman–Crippen MR) is 148 cm³/mol. The first kappa shape index (κ1) is 24.0. The maximum Gasteiger partial charge on any atom is 0.270 e. The third-order valence-electron chi connectivity index (χ3n) is 5.82. The molecule has 4 aromatic carbocycles. The first-order chi connectivity index (χ1) is 18.0. The number of hydrogen-bond acceptors (Lipinski definition) is 5. The maximum absolute atomic E-state index is 13.5. The van der Waals surface area contributed by atoms with Crippen molar-refractivity contribution in [1.29, 1.82) is 0 Å². The van der Waals surface area contributed by atoms with Crippen molar-refractivity contribution in [3.63, 3.8) is 0 Å². The second kappa shape index (κ2) is 10.5. The molecular formula is C30H22N2O4S. The van der Waals surface area contributed by atoms with E-state index in [4.69, 9.17) is 21.7 Å². The van der Waals surface area contributed by atoms with Crippen molar-refractivity contribution in [2.75, 3.05) is 12.0 Å². The van der Waals surface area contributed by atoms with Gasteiger partial charge in [0.15, 0.2) is 5.11 Å². The number of ether oxygens (including phenoxy) is 2. The summed E-state index contributed by atoms with van der Waals surface area (Å²) in [6, 6.07) is 31.5. The number of methoxy groups -OCH3 is 1. The van der Waals surface area contributed by atoms with E-state index in [-0.39, 0.29) is 10.7 Å². The molecule has 0 aliphatic carbocycles. The topological polar surface area (TPSA) is 67.9 Å². The Labute approximate surface area is 219 Å². The van der Waals surface area contributed by atoms with Crippen molar-refractivity contribution >= 4 is 40.9 Å². The van der Waals surface area contributed by atoms with Crippen LogP contribution in [0.25, 0.3) is 17.2 Å². The molecule has 0 unspecified atom stereocenters. The molecule has 1 fully saturated rings. The Morgan fingerprint density at radius 3 is 2.22 bits per heavy atom. The zero-order valence-corrected chi connectivity index (χ0v) is 20.7. The van der Waals surface area contributed by atoms with Crippen LogP contribution in [0.1, 0.15) is 5.56 Å². The van der Waals surface area contributed by atoms with Crippen molar-refractivity contribution in [1.82, 2.24) is 5.32 Å². The lowest BCUT2D eigenvalue weighted by Crippen LogP contribution is -2.54. The van der Waals surface area contributed by atoms with E-state index in [2.05, 4.69) is 5.32 Å². The Morgan fingerprint density at radius 2 is 1.46 bits per heavy atom. The molecular weight excluding hydrogens is 484 g/mol. The van der Waals surface area contributed by atoms with Crippen LogP contribution in [0.3, 0.4) is 0 Å². The van der Waals surface area contributed by atoms with Crippen molar-refractivity contribution < 1.29 is 19.1 Å². The van der Waals surface area contributed by atoms with Gasteiger partial charge in [-0.2, -0.15) is 0 Å². The van der Waals surface area contributed by atoms with E-state index in [0.717, 1.165) is 11.1 Å². The summed E-state index contributed by atoms with van der Waals surface area (Å²) in [5.41, 5.74) is 2.97. The van der Waals surface area contributed by atoms with Gasteiger partial charge < -0.3 is 9.47 Å². The maximum atomic E-state index is 13.5. The molecule has 0 radical (unpaired) electrons. The molecule has 4 aromatic rings. The molecule has 7 heteroatoms. The summed E-state index contributed by atoms with van der Waals surface area (Å²) in [7, 11) is 1.61. The average Bonchev–Trinajstić information content (AvgIpc) is 2.93. The minimum Gasteiger partial charge on any atom is -0.497 e. The molecule has 1 aliphatic heterocycles. The molecule has 1 aliphatic rings. The highest BCUT2D eigenvalue weighted by Gasteiger charge is 2.34. The number of para-hydroxylation sites is 1. The van der Waals surface area contributed by atoms with Crippen LogP contribution in [-0.4, -0.2) is 24.0 Å². The number of rotatable bonds is 6. The molecule has 0 aromatic heterocycles. The van der Waals surface area contributed by atoms with Crippen LogP contribution >= 0.6 is 12.2 Å². The summed E-state index contributed by atoms with van der Waals surface area (Å²) >= 11 is 5.35. The standard InChI is InChI=1S/C30H22N2O4S/c1-35-25-12-7-9-20(18-25)26-13-6-5-8-21(26)19-27-28(33)31-30(37)32(29(27)34)22-14-16-24(17-15-22)36-23-10-3-2-4-11-23/h2-19H,1H3,(H,31,33,37). The van der Waals surface area contributed by atoms with Crippen LogP contribution in [-0.2, 0) is 9.59 Å². The van der Waals surface area contributed by atoms with Gasteiger partial charge in [0.25, 0.3) is 11.8 Å². The van der Waals surface area contributed by atoms with E-state index in [1.807, 2.05) is 78.9 Å². The summed E-state index contributed by atoms with van der Waals surface area (Å²) < 4.78 is 11.2. The molecule has 0 saturated carbocycles. The Hall–Kier alpha value is -4.75. The van der Waals surface area contributed by atoms with Crippen LogP contribution in [0.5, 0.6) is 17.2 Å². The molecule has 1 N–H and O–H groups in total. The third kappa shape index (κ3) is 5.12. The summed E-state index contributed by atoms with van der Waals surface area (Å²) in [4.78, 5) is 27.7. The third-order valence-corrected chi connectivity index (χ3v) is 6.10. The molecule has 0 bridgehead atoms. The van der Waals surface area contributed by atoms with Gasteiger partial charge in [0.2, 0.25) is 0 Å². The second-order valence-electron chi connectivity index (χ2n) is 8.19. The smallest absolute Gasteiger partial charge is 0.270 e. The van der Waals surface area contributed by atoms with E-state index >= 15 is 0 Å². The van der Waals surface area contributed by atoms with Gasteiger partial charge in [0.1, 0.15) is 22.8 Å². The lowest BCUT2D eigenvalue weighted by atomic mass is 9.97. The fourth-order valence-corrected chi connectivity index (χ4v) is 4.29. The van der Waals surface area contributed by atoms with E-state index in [0.29, 0.717) is 28.5 Å². The lowest BCUT2D eigenvalue weighted by Gasteiger charge is -2.29. The highest BCUT2D eigenvalue weighted by molar-refractivity contribution is 7.80. The number of nitrogens with zero attached hydrogens (tertiary/aromatic N) is 1. The second-order valence-corrected chi connectivity index (χ2v) is 8.57. The SMILES string of the molecule is COc1cccc(-c2ccccc2C=C2C(=O)NC(=S)N(c3ccc(Oc4ccccc4)cc3)C2=O)c1. The van der Waals surface area contributed by atoms with Crippen molar-refractivity contribution in [2.45, 2.75) is 0 Å². The molecule has 0 spiro atoms. The summed E-state index contributed by atoms with van der Waals surface area (Å²) in [5.74, 6) is 0.966. The zero-order valence-electron chi connectivity index (χ0n) is 19.9. The molecule has 37 heavy (non-hydrogen) atoms. The van der Waals surface area contributed by atoms with Crippen LogP contribution in [0.2, 0.25) is 0 Å². The number of amides is 2. The Balaban J connectivity index is 1.46. The van der Waals surface area contributed by atoms with E-state index in [1.54, 1.807) is 37.5 Å². The Kier molecular flexibility index (Phi) is 6.78. The number of benzene rings is 4. The average molecular weight is 507 g/mol. The molecule has 5 rings (SSSR count). The monoisotopic (exact) mass is 506 g/mol. The van der Waals surface area contributed by atoms with Crippen LogP contribution in [0, 0.1) is 0 Å². The largest absolute Gasteiger partial charge is 0.497 e. The minimum atomic E-state index is -0.546. The van der Waals surface area contributed by atoms with E-state index in [9.17, 15) is 9.59 Å². The van der Waals surface area contributed by atoms with Crippen LogP contribution < -0.4 is 19.7 Å². The highest BCUT2D eigenvalue weighted by atomic mass is 32.1. The van der Waals surface area contributed by atoms with Crippen LogP contribution in [0.4, 0.5) is 5.69 Å². The lowest BCUT2D eigenvalue weighted by molar-refractivity contribution is -0.122. The van der Waals surface area contributed by atoms with Crippen molar-refractivity contribution in [2.24, 2.45) is 0 Å². The van der Waals surface area contributed by atoms with Gasteiger partial charge in [0, 0.05) is 0 Å². The quantitative estimate of drug-likeness (QED) is 0.198. The van der Waals surface area contributed by atoms with Crippen molar-refractivity contribution in [3.8, 4) is 28.4 Å². The van der Waals surface area contributed by atoms with Gasteiger partial charge >= 0.3 is 0 Å². The number of thiocarbonyl (C=S) groups is 1. The van der Waals surface area contributed by atoms with Gasteiger partial charge in [-0.15, -0.1) is 0 Å². The fourth-order valence-electron chi connectivity index (χ4n) is 4.01. The van der Waals surface area contributed by atoms with Crippen molar-refractivity contribution in [3.05, 3.63) is 114 Å². The molecule has 1 heterocycles. The number of hydrogen-bond donors (Lipinski definition) is 1. The summed E-state index contributed by atoms with van der Waals surface area (Å²) in [6.07, 6.45) is 1.59.